The Hall–Kier alpha value is -2.20. The smallest absolute Gasteiger partial charge is 0.256 e. The molecule has 3 aromatic rings. The predicted octanol–water partition coefficient (Wildman–Crippen LogP) is 4.27. The normalized spacial score (nSPS) is 17.3. The molecule has 0 aliphatic carbocycles. The maximum absolute atomic E-state index is 13.1. The van der Waals surface area contributed by atoms with Crippen LogP contribution in [-0.4, -0.2) is 40.0 Å². The first-order valence-electron chi connectivity index (χ1n) is 8.70. The molecule has 3 nitrogen and oxygen atoms in total. The second kappa shape index (κ2) is 6.96. The lowest BCUT2D eigenvalue weighted by molar-refractivity contribution is 0.0795. The molecule has 4 heteroatoms. The summed E-state index contributed by atoms with van der Waals surface area (Å²) in [6.07, 6.45) is 5.26. The van der Waals surface area contributed by atoms with E-state index in [0.717, 1.165) is 42.5 Å². The van der Waals surface area contributed by atoms with Crippen molar-refractivity contribution in [3.63, 3.8) is 0 Å². The second-order valence-electron chi connectivity index (χ2n) is 6.57. The Labute approximate surface area is 152 Å². The van der Waals surface area contributed by atoms with Crippen LogP contribution in [0.1, 0.15) is 22.3 Å². The van der Waals surface area contributed by atoms with Crippen LogP contribution in [0.15, 0.2) is 60.8 Å². The summed E-state index contributed by atoms with van der Waals surface area (Å²) >= 11 is 1.86. The number of fused-ring (bicyclic) bond motifs is 1. The van der Waals surface area contributed by atoms with Crippen molar-refractivity contribution < 1.29 is 4.79 Å². The van der Waals surface area contributed by atoms with E-state index >= 15 is 0 Å². The lowest BCUT2D eigenvalue weighted by atomic mass is 10.1. The molecule has 1 aliphatic heterocycles. The van der Waals surface area contributed by atoms with Crippen LogP contribution in [0.5, 0.6) is 0 Å². The molecule has 25 heavy (non-hydrogen) atoms. The molecule has 2 heterocycles. The molecule has 0 bridgehead atoms. The summed E-state index contributed by atoms with van der Waals surface area (Å²) < 4.78 is 2.19. The van der Waals surface area contributed by atoms with Gasteiger partial charge in [0.25, 0.3) is 5.91 Å². The van der Waals surface area contributed by atoms with Gasteiger partial charge in [-0.1, -0.05) is 48.5 Å². The Balaban J connectivity index is 1.69. The number of hydrogen-bond acceptors (Lipinski definition) is 2. The topological polar surface area (TPSA) is 25.2 Å². The molecule has 1 amide bonds. The molecule has 1 atom stereocenters. The van der Waals surface area contributed by atoms with Crippen LogP contribution in [0.4, 0.5) is 0 Å². The standard InChI is InChI=1S/C21H22N2OS/c1-25-17-11-12-22(14-17)21(24)19-15-23(13-16-7-3-2-4-8-16)20-10-6-5-9-18(19)20/h2-10,15,17H,11-14H2,1H3. The summed E-state index contributed by atoms with van der Waals surface area (Å²) in [5, 5.41) is 1.62. The van der Waals surface area contributed by atoms with Crippen LogP contribution in [0, 0.1) is 0 Å². The second-order valence-corrected chi connectivity index (χ2v) is 7.71. The van der Waals surface area contributed by atoms with Gasteiger partial charge in [0, 0.05) is 42.0 Å². The van der Waals surface area contributed by atoms with E-state index in [-0.39, 0.29) is 5.91 Å². The van der Waals surface area contributed by atoms with E-state index in [1.54, 1.807) is 0 Å². The fraction of sp³-hybridized carbons (Fsp3) is 0.286. The van der Waals surface area contributed by atoms with Crippen LogP contribution in [-0.2, 0) is 6.54 Å². The van der Waals surface area contributed by atoms with Gasteiger partial charge in [-0.25, -0.2) is 0 Å². The number of likely N-dealkylation sites (tertiary alicyclic amines) is 1. The van der Waals surface area contributed by atoms with Gasteiger partial charge in [-0.05, 0) is 24.3 Å². The Morgan fingerprint density at radius 1 is 1.12 bits per heavy atom. The average molecular weight is 350 g/mol. The number of aromatic nitrogens is 1. The summed E-state index contributed by atoms with van der Waals surface area (Å²) in [4.78, 5) is 15.1. The number of rotatable bonds is 4. The van der Waals surface area contributed by atoms with Crippen molar-refractivity contribution in [2.45, 2.75) is 18.2 Å². The molecule has 4 rings (SSSR count). The monoisotopic (exact) mass is 350 g/mol. The summed E-state index contributed by atoms with van der Waals surface area (Å²) in [5.41, 5.74) is 3.19. The van der Waals surface area contributed by atoms with E-state index in [0.29, 0.717) is 5.25 Å². The molecule has 0 radical (unpaired) electrons. The first-order valence-corrected chi connectivity index (χ1v) is 9.99. The summed E-state index contributed by atoms with van der Waals surface area (Å²) in [6.45, 7) is 2.50. The number of carbonyl (C=O) groups is 1. The molecule has 0 spiro atoms. The zero-order valence-corrected chi connectivity index (χ0v) is 15.2. The Morgan fingerprint density at radius 3 is 2.64 bits per heavy atom. The number of nitrogens with zero attached hydrogens (tertiary/aromatic N) is 2. The summed E-state index contributed by atoms with van der Waals surface area (Å²) in [6, 6.07) is 18.6. The van der Waals surface area contributed by atoms with Gasteiger partial charge in [0.05, 0.1) is 5.56 Å². The number of amides is 1. The molecule has 128 valence electrons. The Bertz CT molecular complexity index is 887. The van der Waals surface area contributed by atoms with Gasteiger partial charge in [0.1, 0.15) is 0 Å². The highest BCUT2D eigenvalue weighted by Gasteiger charge is 2.28. The van der Waals surface area contributed by atoms with E-state index in [1.165, 1.54) is 5.56 Å². The lowest BCUT2D eigenvalue weighted by Crippen LogP contribution is -2.28. The highest BCUT2D eigenvalue weighted by atomic mass is 32.2. The Kier molecular flexibility index (Phi) is 4.53. The van der Waals surface area contributed by atoms with E-state index in [4.69, 9.17) is 0 Å². The van der Waals surface area contributed by atoms with Crippen molar-refractivity contribution in [1.82, 2.24) is 9.47 Å². The predicted molar refractivity (Wildman–Crippen MR) is 105 cm³/mol. The van der Waals surface area contributed by atoms with Crippen molar-refractivity contribution in [2.24, 2.45) is 0 Å². The summed E-state index contributed by atoms with van der Waals surface area (Å²) in [7, 11) is 0. The van der Waals surface area contributed by atoms with Gasteiger partial charge >= 0.3 is 0 Å². The minimum Gasteiger partial charge on any atom is -0.342 e. The zero-order valence-electron chi connectivity index (χ0n) is 14.4. The molecule has 0 N–H and O–H groups in total. The van der Waals surface area contributed by atoms with E-state index in [1.807, 2.05) is 41.1 Å². The van der Waals surface area contributed by atoms with E-state index in [9.17, 15) is 4.79 Å². The molecule has 1 saturated heterocycles. The van der Waals surface area contributed by atoms with Gasteiger partial charge in [-0.3, -0.25) is 4.79 Å². The number of carbonyl (C=O) groups excluding carboxylic acids is 1. The van der Waals surface area contributed by atoms with Gasteiger partial charge in [-0.2, -0.15) is 11.8 Å². The highest BCUT2D eigenvalue weighted by Crippen LogP contribution is 2.27. The Morgan fingerprint density at radius 2 is 1.88 bits per heavy atom. The maximum atomic E-state index is 13.1. The first kappa shape index (κ1) is 16.3. The maximum Gasteiger partial charge on any atom is 0.256 e. The number of para-hydroxylation sites is 1. The van der Waals surface area contributed by atoms with Gasteiger partial charge < -0.3 is 9.47 Å². The fourth-order valence-electron chi connectivity index (χ4n) is 3.60. The van der Waals surface area contributed by atoms with E-state index < -0.39 is 0 Å². The van der Waals surface area contributed by atoms with Crippen LogP contribution < -0.4 is 0 Å². The molecule has 1 aliphatic rings. The van der Waals surface area contributed by atoms with Crippen LogP contribution in [0.3, 0.4) is 0 Å². The van der Waals surface area contributed by atoms with Crippen LogP contribution in [0.25, 0.3) is 10.9 Å². The van der Waals surface area contributed by atoms with Crippen LogP contribution in [0.2, 0.25) is 0 Å². The molecular weight excluding hydrogens is 328 g/mol. The molecule has 1 aromatic heterocycles. The minimum absolute atomic E-state index is 0.166. The molecular formula is C21H22N2OS. The lowest BCUT2D eigenvalue weighted by Gasteiger charge is -2.15. The SMILES string of the molecule is CSC1CCN(C(=O)c2cn(Cc3ccccc3)c3ccccc23)C1. The van der Waals surface area contributed by atoms with Crippen LogP contribution >= 0.6 is 11.8 Å². The first-order chi connectivity index (χ1) is 12.3. The van der Waals surface area contributed by atoms with Crippen molar-refractivity contribution >= 4 is 28.6 Å². The third kappa shape index (κ3) is 3.19. The largest absolute Gasteiger partial charge is 0.342 e. The number of benzene rings is 2. The third-order valence-corrected chi connectivity index (χ3v) is 6.03. The van der Waals surface area contributed by atoms with Gasteiger partial charge in [0.2, 0.25) is 0 Å². The molecule has 0 saturated carbocycles. The quantitative estimate of drug-likeness (QED) is 0.702. The fourth-order valence-corrected chi connectivity index (χ4v) is 4.27. The average Bonchev–Trinajstić information content (AvgIpc) is 3.28. The van der Waals surface area contributed by atoms with E-state index in [2.05, 4.69) is 47.2 Å². The van der Waals surface area contributed by atoms with Crippen molar-refractivity contribution in [2.75, 3.05) is 19.3 Å². The highest BCUT2D eigenvalue weighted by molar-refractivity contribution is 7.99. The molecule has 2 aromatic carbocycles. The third-order valence-electron chi connectivity index (χ3n) is 4.98. The minimum atomic E-state index is 0.166. The van der Waals surface area contributed by atoms with Gasteiger partial charge in [0.15, 0.2) is 0 Å². The van der Waals surface area contributed by atoms with Gasteiger partial charge in [-0.15, -0.1) is 0 Å². The number of thioether (sulfide) groups is 1. The van der Waals surface area contributed by atoms with Crippen molar-refractivity contribution in [3.05, 3.63) is 71.9 Å². The summed E-state index contributed by atoms with van der Waals surface area (Å²) in [5.74, 6) is 0.166. The van der Waals surface area contributed by atoms with Crippen molar-refractivity contribution in [3.8, 4) is 0 Å². The molecule has 1 unspecified atom stereocenters. The van der Waals surface area contributed by atoms with Crippen molar-refractivity contribution in [1.29, 1.82) is 0 Å². The zero-order chi connectivity index (χ0) is 17.2. The number of hydrogen-bond donors (Lipinski definition) is 0. The molecule has 1 fully saturated rings.